The maximum Gasteiger partial charge on any atom is 0.339 e. The highest BCUT2D eigenvalue weighted by Gasteiger charge is 2.20. The van der Waals surface area contributed by atoms with Gasteiger partial charge >= 0.3 is 5.97 Å². The molecule has 30 heavy (non-hydrogen) atoms. The summed E-state index contributed by atoms with van der Waals surface area (Å²) in [5, 5.41) is 0.630. The first kappa shape index (κ1) is 20.9. The molecule has 0 aliphatic carbocycles. The van der Waals surface area contributed by atoms with Gasteiger partial charge in [0.05, 0.1) is 16.6 Å². The van der Waals surface area contributed by atoms with Crippen molar-refractivity contribution in [3.63, 3.8) is 0 Å². The van der Waals surface area contributed by atoms with Gasteiger partial charge in [-0.05, 0) is 37.1 Å². The van der Waals surface area contributed by atoms with Crippen LogP contribution < -0.4 is 10.9 Å². The lowest BCUT2D eigenvalue weighted by Crippen LogP contribution is -2.43. The van der Waals surface area contributed by atoms with Crippen LogP contribution in [0.2, 0.25) is 0 Å². The molecule has 2 N–H and O–H groups in total. The maximum absolute atomic E-state index is 13.6. The summed E-state index contributed by atoms with van der Waals surface area (Å²) >= 11 is 0. The molecule has 0 aliphatic heterocycles. The van der Waals surface area contributed by atoms with E-state index < -0.39 is 30.2 Å². The van der Waals surface area contributed by atoms with E-state index in [1.165, 1.54) is 18.2 Å². The Hall–Kier alpha value is -3.81. The Bertz CT molecular complexity index is 1130. The van der Waals surface area contributed by atoms with Crippen molar-refractivity contribution in [2.75, 3.05) is 6.61 Å². The summed E-state index contributed by atoms with van der Waals surface area (Å²) in [7, 11) is 0. The third-order valence-corrected chi connectivity index (χ3v) is 4.54. The van der Waals surface area contributed by atoms with Gasteiger partial charge in [0.15, 0.2) is 6.61 Å². The van der Waals surface area contributed by atoms with Crippen LogP contribution in [0.5, 0.6) is 0 Å². The zero-order valence-electron chi connectivity index (χ0n) is 16.5. The summed E-state index contributed by atoms with van der Waals surface area (Å²) in [4.78, 5) is 41.1. The second-order valence-corrected chi connectivity index (χ2v) is 6.49. The average molecular weight is 409 g/mol. The van der Waals surface area contributed by atoms with Crippen molar-refractivity contribution in [1.29, 1.82) is 0 Å². The Morgan fingerprint density at radius 3 is 2.47 bits per heavy atom. The number of nitrogens with one attached hydrogen (secondary N) is 2. The molecule has 0 aliphatic rings. The van der Waals surface area contributed by atoms with Crippen LogP contribution in [0, 0.1) is 12.7 Å². The van der Waals surface area contributed by atoms with E-state index in [1.54, 1.807) is 25.1 Å². The third kappa shape index (κ3) is 4.43. The Morgan fingerprint density at radius 1 is 1.03 bits per heavy atom. The van der Waals surface area contributed by atoms with Crippen molar-refractivity contribution >= 4 is 28.7 Å². The van der Waals surface area contributed by atoms with Crippen LogP contribution in [0.4, 0.5) is 4.39 Å². The van der Waals surface area contributed by atoms with Gasteiger partial charge in [-0.25, -0.2) is 9.18 Å². The number of amides is 2. The van der Waals surface area contributed by atoms with E-state index in [4.69, 9.17) is 4.74 Å². The highest BCUT2D eigenvalue weighted by atomic mass is 19.1. The third-order valence-electron chi connectivity index (χ3n) is 4.54. The second-order valence-electron chi connectivity index (χ2n) is 6.49. The largest absolute Gasteiger partial charge is 0.452 e. The average Bonchev–Trinajstić information content (AvgIpc) is 2.75. The molecule has 1 heterocycles. The molecule has 3 aromatic rings. The molecule has 0 spiro atoms. The molecule has 1 aromatic heterocycles. The predicted molar refractivity (Wildman–Crippen MR) is 108 cm³/mol. The molecule has 0 saturated heterocycles. The SMILES string of the molecule is CCc1nc2ccccc2c(C(=O)OCC(=O)NNC(=O)c2ccccc2F)c1C. The number of aromatic nitrogens is 1. The first-order valence-corrected chi connectivity index (χ1v) is 9.31. The first-order valence-electron chi connectivity index (χ1n) is 9.31. The quantitative estimate of drug-likeness (QED) is 0.499. The molecule has 7 nitrogen and oxygen atoms in total. The predicted octanol–water partition coefficient (Wildman–Crippen LogP) is 2.86. The Balaban J connectivity index is 1.66. The number of halogens is 1. The van der Waals surface area contributed by atoms with Crippen LogP contribution in [0.3, 0.4) is 0 Å². The van der Waals surface area contributed by atoms with Gasteiger partial charge in [0.1, 0.15) is 5.82 Å². The zero-order valence-corrected chi connectivity index (χ0v) is 16.5. The van der Waals surface area contributed by atoms with Crippen LogP contribution in [-0.2, 0) is 16.0 Å². The van der Waals surface area contributed by atoms with Gasteiger partial charge in [0, 0.05) is 11.1 Å². The van der Waals surface area contributed by atoms with Crippen LogP contribution in [0.15, 0.2) is 48.5 Å². The lowest BCUT2D eigenvalue weighted by atomic mass is 10.0. The van der Waals surface area contributed by atoms with Gasteiger partial charge in [-0.15, -0.1) is 0 Å². The van der Waals surface area contributed by atoms with E-state index in [0.29, 0.717) is 28.5 Å². The molecule has 0 unspecified atom stereocenters. The van der Waals surface area contributed by atoms with E-state index in [-0.39, 0.29) is 5.56 Å². The summed E-state index contributed by atoms with van der Waals surface area (Å²) in [6.07, 6.45) is 0.638. The summed E-state index contributed by atoms with van der Waals surface area (Å²) < 4.78 is 18.7. The number of hydrazine groups is 1. The van der Waals surface area contributed by atoms with E-state index in [1.807, 2.05) is 13.0 Å². The number of ether oxygens (including phenoxy) is 1. The molecule has 2 amide bonds. The highest BCUT2D eigenvalue weighted by molar-refractivity contribution is 6.05. The van der Waals surface area contributed by atoms with Crippen molar-refractivity contribution in [2.24, 2.45) is 0 Å². The number of hydrogen-bond donors (Lipinski definition) is 2. The van der Waals surface area contributed by atoms with Crippen LogP contribution >= 0.6 is 0 Å². The molecule has 0 saturated carbocycles. The standard InChI is InChI=1S/C22H20FN3O4/c1-3-17-13(2)20(15-9-5-7-11-18(15)24-17)22(29)30-12-19(27)25-26-21(28)14-8-4-6-10-16(14)23/h4-11H,3,12H2,1-2H3,(H,25,27)(H,26,28). The van der Waals surface area contributed by atoms with Crippen molar-refractivity contribution in [3.05, 3.63) is 76.7 Å². The maximum atomic E-state index is 13.6. The highest BCUT2D eigenvalue weighted by Crippen LogP contribution is 2.24. The summed E-state index contributed by atoms with van der Waals surface area (Å²) in [6.45, 7) is 3.10. The lowest BCUT2D eigenvalue weighted by Gasteiger charge is -2.13. The minimum atomic E-state index is -0.823. The van der Waals surface area contributed by atoms with E-state index in [2.05, 4.69) is 15.8 Å². The molecular weight excluding hydrogens is 389 g/mol. The molecule has 0 bridgehead atoms. The molecular formula is C22H20FN3O4. The lowest BCUT2D eigenvalue weighted by molar-refractivity contribution is -0.125. The van der Waals surface area contributed by atoms with Crippen molar-refractivity contribution < 1.29 is 23.5 Å². The number of carbonyl (C=O) groups is 3. The Morgan fingerprint density at radius 2 is 1.73 bits per heavy atom. The fraction of sp³-hybridized carbons (Fsp3) is 0.182. The number of para-hydroxylation sites is 1. The normalized spacial score (nSPS) is 10.5. The monoisotopic (exact) mass is 409 g/mol. The number of carbonyl (C=O) groups excluding carboxylic acids is 3. The minimum absolute atomic E-state index is 0.222. The fourth-order valence-electron chi connectivity index (χ4n) is 3.04. The number of esters is 1. The van der Waals surface area contributed by atoms with Crippen molar-refractivity contribution in [1.82, 2.24) is 15.8 Å². The number of nitrogens with zero attached hydrogens (tertiary/aromatic N) is 1. The van der Waals surface area contributed by atoms with Gasteiger partial charge in [0.2, 0.25) is 0 Å². The number of benzene rings is 2. The van der Waals surface area contributed by atoms with Crippen LogP contribution in [0.25, 0.3) is 10.9 Å². The van der Waals surface area contributed by atoms with Gasteiger partial charge in [-0.1, -0.05) is 37.3 Å². The molecule has 3 rings (SSSR count). The second kappa shape index (κ2) is 9.13. The van der Waals surface area contributed by atoms with Crippen molar-refractivity contribution in [3.8, 4) is 0 Å². The summed E-state index contributed by atoms with van der Waals surface area (Å²) in [5.41, 5.74) is 6.42. The van der Waals surface area contributed by atoms with Crippen molar-refractivity contribution in [2.45, 2.75) is 20.3 Å². The van der Waals surface area contributed by atoms with Crippen LogP contribution in [0.1, 0.15) is 38.9 Å². The summed E-state index contributed by atoms with van der Waals surface area (Å²) in [6, 6.07) is 12.5. The molecule has 0 atom stereocenters. The molecule has 2 aromatic carbocycles. The number of hydrogen-bond acceptors (Lipinski definition) is 5. The zero-order chi connectivity index (χ0) is 21.7. The van der Waals surface area contributed by atoms with Gasteiger partial charge in [0.25, 0.3) is 11.8 Å². The van der Waals surface area contributed by atoms with Gasteiger partial charge in [-0.2, -0.15) is 0 Å². The number of pyridine rings is 1. The Kier molecular flexibility index (Phi) is 6.36. The van der Waals surface area contributed by atoms with E-state index in [9.17, 15) is 18.8 Å². The van der Waals surface area contributed by atoms with Gasteiger partial charge in [-0.3, -0.25) is 25.4 Å². The molecule has 8 heteroatoms. The molecule has 0 radical (unpaired) electrons. The number of fused-ring (bicyclic) bond motifs is 1. The Labute approximate surface area is 172 Å². The first-order chi connectivity index (χ1) is 14.4. The topological polar surface area (TPSA) is 97.4 Å². The number of aryl methyl sites for hydroxylation is 1. The fourth-order valence-corrected chi connectivity index (χ4v) is 3.04. The van der Waals surface area contributed by atoms with E-state index in [0.717, 1.165) is 11.8 Å². The molecule has 154 valence electrons. The minimum Gasteiger partial charge on any atom is -0.452 e. The van der Waals surface area contributed by atoms with E-state index >= 15 is 0 Å². The summed E-state index contributed by atoms with van der Waals surface area (Å²) in [5.74, 6) is -2.98. The number of rotatable bonds is 5. The van der Waals surface area contributed by atoms with Gasteiger partial charge < -0.3 is 4.74 Å². The van der Waals surface area contributed by atoms with Crippen LogP contribution in [-0.4, -0.2) is 29.4 Å². The smallest absolute Gasteiger partial charge is 0.339 e. The molecule has 0 fully saturated rings.